The highest BCUT2D eigenvalue weighted by atomic mass is 16.5. The van der Waals surface area contributed by atoms with Crippen molar-refractivity contribution in [3.05, 3.63) is 29.8 Å². The second kappa shape index (κ2) is 5.29. The van der Waals surface area contributed by atoms with Crippen LogP contribution in [0.4, 0.5) is 0 Å². The second-order valence-corrected chi connectivity index (χ2v) is 5.57. The number of benzene rings is 1. The zero-order chi connectivity index (χ0) is 12.4. The fraction of sp³-hybridized carbons (Fsp3) is 0.600. The molecule has 3 nitrogen and oxygen atoms in total. The van der Waals surface area contributed by atoms with Gasteiger partial charge in [-0.1, -0.05) is 18.2 Å². The molecule has 1 saturated carbocycles. The molecule has 1 fully saturated rings. The van der Waals surface area contributed by atoms with Gasteiger partial charge < -0.3 is 15.8 Å². The fourth-order valence-electron chi connectivity index (χ4n) is 2.99. The average molecular weight is 246 g/mol. The van der Waals surface area contributed by atoms with Crippen LogP contribution in [0.5, 0.6) is 5.75 Å². The maximum absolute atomic E-state index is 5.93. The van der Waals surface area contributed by atoms with Gasteiger partial charge in [0.25, 0.3) is 0 Å². The third-order valence-electron chi connectivity index (χ3n) is 4.12. The van der Waals surface area contributed by atoms with Crippen molar-refractivity contribution in [1.82, 2.24) is 5.32 Å². The van der Waals surface area contributed by atoms with Crippen LogP contribution in [0.1, 0.15) is 31.2 Å². The normalized spacial score (nSPS) is 30.8. The van der Waals surface area contributed by atoms with Crippen LogP contribution in [0.2, 0.25) is 0 Å². The number of fused-ring (bicyclic) bond motifs is 1. The number of nitrogens with two attached hydrogens (primary N) is 1. The van der Waals surface area contributed by atoms with Crippen LogP contribution in [0.25, 0.3) is 0 Å². The third-order valence-corrected chi connectivity index (χ3v) is 4.12. The van der Waals surface area contributed by atoms with Crippen molar-refractivity contribution in [2.75, 3.05) is 6.54 Å². The van der Waals surface area contributed by atoms with Crippen LogP contribution in [-0.2, 0) is 6.42 Å². The van der Waals surface area contributed by atoms with Gasteiger partial charge in [-0.05, 0) is 37.3 Å². The highest BCUT2D eigenvalue weighted by molar-refractivity contribution is 5.37. The topological polar surface area (TPSA) is 47.3 Å². The minimum Gasteiger partial charge on any atom is -0.488 e. The van der Waals surface area contributed by atoms with Crippen LogP contribution in [0, 0.1) is 0 Å². The van der Waals surface area contributed by atoms with Gasteiger partial charge in [0.1, 0.15) is 11.9 Å². The predicted molar refractivity (Wildman–Crippen MR) is 72.8 cm³/mol. The minimum absolute atomic E-state index is 0.304. The summed E-state index contributed by atoms with van der Waals surface area (Å²) in [5.74, 6) is 1.06. The molecule has 1 aliphatic heterocycles. The second-order valence-electron chi connectivity index (χ2n) is 5.57. The van der Waals surface area contributed by atoms with Crippen molar-refractivity contribution in [2.24, 2.45) is 5.73 Å². The van der Waals surface area contributed by atoms with E-state index in [1.54, 1.807) is 0 Å². The van der Waals surface area contributed by atoms with Gasteiger partial charge in [0.15, 0.2) is 0 Å². The van der Waals surface area contributed by atoms with Gasteiger partial charge in [-0.3, -0.25) is 0 Å². The lowest BCUT2D eigenvalue weighted by atomic mass is 9.92. The maximum atomic E-state index is 5.93. The molecular weight excluding hydrogens is 224 g/mol. The molecule has 3 rings (SSSR count). The Bertz CT molecular complexity index is 374. The molecule has 1 heterocycles. The number of hydrogen-bond donors (Lipinski definition) is 2. The lowest BCUT2D eigenvalue weighted by Gasteiger charge is -2.27. The lowest BCUT2D eigenvalue weighted by Crippen LogP contribution is -2.41. The molecule has 2 aliphatic rings. The number of ether oxygens (including phenoxy) is 1. The van der Waals surface area contributed by atoms with Gasteiger partial charge in [0, 0.05) is 25.0 Å². The van der Waals surface area contributed by atoms with Gasteiger partial charge in [-0.2, -0.15) is 0 Å². The zero-order valence-corrected chi connectivity index (χ0v) is 10.8. The first-order valence-electron chi connectivity index (χ1n) is 7.05. The Morgan fingerprint density at radius 2 is 1.94 bits per heavy atom. The highest BCUT2D eigenvalue weighted by Gasteiger charge is 2.24. The molecule has 0 bridgehead atoms. The minimum atomic E-state index is 0.304. The van der Waals surface area contributed by atoms with Crippen LogP contribution >= 0.6 is 0 Å². The molecule has 3 heteroatoms. The van der Waals surface area contributed by atoms with E-state index in [0.29, 0.717) is 18.2 Å². The Hall–Kier alpha value is -1.06. The van der Waals surface area contributed by atoms with E-state index in [2.05, 4.69) is 23.5 Å². The summed E-state index contributed by atoms with van der Waals surface area (Å²) in [4.78, 5) is 0. The quantitative estimate of drug-likeness (QED) is 0.855. The van der Waals surface area contributed by atoms with E-state index in [9.17, 15) is 0 Å². The van der Waals surface area contributed by atoms with Crippen molar-refractivity contribution in [3.63, 3.8) is 0 Å². The third kappa shape index (κ3) is 2.68. The molecule has 0 saturated heterocycles. The molecule has 98 valence electrons. The van der Waals surface area contributed by atoms with Crippen molar-refractivity contribution in [1.29, 1.82) is 0 Å². The number of nitrogens with one attached hydrogen (secondary N) is 1. The van der Waals surface area contributed by atoms with E-state index in [0.717, 1.165) is 31.6 Å². The summed E-state index contributed by atoms with van der Waals surface area (Å²) in [7, 11) is 0. The molecular formula is C15H22N2O. The molecule has 3 N–H and O–H groups in total. The summed E-state index contributed by atoms with van der Waals surface area (Å²) in [5.41, 5.74) is 7.26. The Kier molecular flexibility index (Phi) is 3.52. The molecule has 18 heavy (non-hydrogen) atoms. The molecule has 0 amide bonds. The molecule has 0 radical (unpaired) electrons. The van der Waals surface area contributed by atoms with Crippen molar-refractivity contribution in [3.8, 4) is 5.75 Å². The Labute approximate surface area is 109 Å². The largest absolute Gasteiger partial charge is 0.488 e. The number of para-hydroxylation sites is 1. The van der Waals surface area contributed by atoms with Gasteiger partial charge in [-0.25, -0.2) is 0 Å². The Balaban J connectivity index is 1.46. The first-order valence-corrected chi connectivity index (χ1v) is 7.05. The van der Waals surface area contributed by atoms with Crippen molar-refractivity contribution in [2.45, 2.75) is 50.3 Å². The molecule has 0 spiro atoms. The summed E-state index contributed by atoms with van der Waals surface area (Å²) < 4.78 is 5.93. The SMILES string of the molecule is NC1CCC(NCC2Cc3ccccc3O2)CC1. The predicted octanol–water partition coefficient (Wildman–Crippen LogP) is 1.85. The fourth-order valence-corrected chi connectivity index (χ4v) is 2.99. The maximum Gasteiger partial charge on any atom is 0.123 e. The van der Waals surface area contributed by atoms with Crippen LogP contribution < -0.4 is 15.8 Å². The van der Waals surface area contributed by atoms with Gasteiger partial charge in [-0.15, -0.1) is 0 Å². The van der Waals surface area contributed by atoms with Gasteiger partial charge in [0.2, 0.25) is 0 Å². The summed E-state index contributed by atoms with van der Waals surface area (Å²) >= 11 is 0. The standard InChI is InChI=1S/C15H22N2O/c16-12-5-7-13(8-6-12)17-10-14-9-11-3-1-2-4-15(11)18-14/h1-4,12-14,17H,5-10,16H2. The molecule has 1 aliphatic carbocycles. The Morgan fingerprint density at radius 3 is 2.72 bits per heavy atom. The first-order chi connectivity index (χ1) is 8.81. The average Bonchev–Trinajstić information content (AvgIpc) is 2.81. The summed E-state index contributed by atoms with van der Waals surface area (Å²) in [6.45, 7) is 0.953. The number of hydrogen-bond acceptors (Lipinski definition) is 3. The summed E-state index contributed by atoms with van der Waals surface area (Å²) in [5, 5.41) is 3.64. The van der Waals surface area contributed by atoms with E-state index < -0.39 is 0 Å². The summed E-state index contributed by atoms with van der Waals surface area (Å²) in [6, 6.07) is 9.41. The van der Waals surface area contributed by atoms with Crippen LogP contribution in [0.15, 0.2) is 24.3 Å². The summed E-state index contributed by atoms with van der Waals surface area (Å²) in [6.07, 6.45) is 6.07. The van der Waals surface area contributed by atoms with Crippen LogP contribution in [0.3, 0.4) is 0 Å². The van der Waals surface area contributed by atoms with E-state index in [4.69, 9.17) is 10.5 Å². The van der Waals surface area contributed by atoms with Gasteiger partial charge in [0.05, 0.1) is 0 Å². The van der Waals surface area contributed by atoms with Crippen molar-refractivity contribution >= 4 is 0 Å². The zero-order valence-electron chi connectivity index (χ0n) is 10.8. The molecule has 0 aromatic heterocycles. The molecule has 1 atom stereocenters. The monoisotopic (exact) mass is 246 g/mol. The smallest absolute Gasteiger partial charge is 0.123 e. The van der Waals surface area contributed by atoms with E-state index >= 15 is 0 Å². The van der Waals surface area contributed by atoms with Gasteiger partial charge >= 0.3 is 0 Å². The lowest BCUT2D eigenvalue weighted by molar-refractivity contribution is 0.212. The molecule has 1 aromatic rings. The Morgan fingerprint density at radius 1 is 1.17 bits per heavy atom. The molecule has 1 unspecified atom stereocenters. The molecule has 1 aromatic carbocycles. The van der Waals surface area contributed by atoms with E-state index in [1.165, 1.54) is 18.4 Å². The van der Waals surface area contributed by atoms with Crippen molar-refractivity contribution < 1.29 is 4.74 Å². The van der Waals surface area contributed by atoms with E-state index in [1.807, 2.05) is 6.07 Å². The van der Waals surface area contributed by atoms with Crippen LogP contribution in [-0.4, -0.2) is 24.7 Å². The number of rotatable bonds is 3. The highest BCUT2D eigenvalue weighted by Crippen LogP contribution is 2.28. The first kappa shape index (κ1) is 12.0. The van der Waals surface area contributed by atoms with E-state index in [-0.39, 0.29) is 0 Å².